The van der Waals surface area contributed by atoms with E-state index >= 15 is 0 Å². The summed E-state index contributed by atoms with van der Waals surface area (Å²) < 4.78 is 39.1. The van der Waals surface area contributed by atoms with Gasteiger partial charge in [-0.1, -0.05) is 54.1 Å². The fourth-order valence-electron chi connectivity index (χ4n) is 3.86. The molecule has 0 spiro atoms. The van der Waals surface area contributed by atoms with E-state index in [1.54, 1.807) is 41.3 Å². The minimum atomic E-state index is -4.51. The zero-order valence-electron chi connectivity index (χ0n) is 17.8. The molecule has 0 bridgehead atoms. The second-order valence-electron chi connectivity index (χ2n) is 7.73. The van der Waals surface area contributed by atoms with Gasteiger partial charge in [0.25, 0.3) is 11.8 Å². The number of amidine groups is 1. The van der Waals surface area contributed by atoms with Crippen LogP contribution in [0.2, 0.25) is 5.02 Å². The Morgan fingerprint density at radius 1 is 0.971 bits per heavy atom. The minimum absolute atomic E-state index is 0.0346. The summed E-state index contributed by atoms with van der Waals surface area (Å²) in [6, 6.07) is 18.7. The van der Waals surface area contributed by atoms with Crippen LogP contribution >= 0.6 is 23.4 Å². The number of para-hydroxylation sites is 1. The van der Waals surface area contributed by atoms with E-state index in [-0.39, 0.29) is 33.8 Å². The van der Waals surface area contributed by atoms with Crippen LogP contribution in [0.15, 0.2) is 82.7 Å². The lowest BCUT2D eigenvalue weighted by Crippen LogP contribution is -2.27. The Morgan fingerprint density at radius 3 is 2.49 bits per heavy atom. The highest BCUT2D eigenvalue weighted by molar-refractivity contribution is 8.18. The Bertz CT molecular complexity index is 1440. The predicted molar refractivity (Wildman–Crippen MR) is 130 cm³/mol. The topological polar surface area (TPSA) is 61.8 Å². The molecule has 1 N–H and O–H groups in total. The fraction of sp³-hybridized carbons (Fsp3) is 0.0800. The van der Waals surface area contributed by atoms with Gasteiger partial charge in [-0.3, -0.25) is 9.59 Å². The number of halogens is 4. The lowest BCUT2D eigenvalue weighted by Gasteiger charge is -2.18. The molecule has 176 valence electrons. The van der Waals surface area contributed by atoms with Gasteiger partial charge in [-0.15, -0.1) is 0 Å². The summed E-state index contributed by atoms with van der Waals surface area (Å²) in [5, 5.41) is 3.16. The van der Waals surface area contributed by atoms with Gasteiger partial charge >= 0.3 is 6.18 Å². The first-order valence-corrected chi connectivity index (χ1v) is 11.6. The second kappa shape index (κ2) is 8.90. The molecule has 0 radical (unpaired) electrons. The number of nitrogens with one attached hydrogen (secondary N) is 1. The lowest BCUT2D eigenvalue weighted by molar-refractivity contribution is -0.137. The van der Waals surface area contributed by atoms with Gasteiger partial charge in [0, 0.05) is 10.6 Å². The van der Waals surface area contributed by atoms with Crippen molar-refractivity contribution in [2.24, 2.45) is 4.99 Å². The number of anilines is 1. The number of benzene rings is 3. The number of carbonyl (C=O) groups excluding carboxylic acids is 2. The Balaban J connectivity index is 1.51. The molecule has 3 aromatic rings. The van der Waals surface area contributed by atoms with Gasteiger partial charge in [0.05, 0.1) is 34.0 Å². The van der Waals surface area contributed by atoms with Crippen molar-refractivity contribution in [3.63, 3.8) is 0 Å². The third-order valence-corrected chi connectivity index (χ3v) is 6.82. The zero-order valence-corrected chi connectivity index (χ0v) is 19.3. The summed E-state index contributed by atoms with van der Waals surface area (Å²) in [5.74, 6) is -0.914. The van der Waals surface area contributed by atoms with E-state index in [4.69, 9.17) is 11.6 Å². The van der Waals surface area contributed by atoms with Crippen LogP contribution in [0.1, 0.15) is 16.7 Å². The number of rotatable bonds is 3. The standard InChI is InChI=1S/C25H15ClF3N3O2S/c26-18-10-3-1-6-14(18)13-32-19-11-4-2-9-17(19)20(23(32)34)21-22(33)31-24(35-21)30-16-8-5-7-15(12-16)25(27,28)29/h1-12H,13H2,(H,30,31,33). The number of hydrogen-bond acceptors (Lipinski definition) is 4. The number of amides is 2. The number of alkyl halides is 3. The summed E-state index contributed by atoms with van der Waals surface area (Å²) in [6.07, 6.45) is -4.51. The molecular weight excluding hydrogens is 499 g/mol. The Labute approximate surface area is 207 Å². The predicted octanol–water partition coefficient (Wildman–Crippen LogP) is 6.17. The Kier molecular flexibility index (Phi) is 5.90. The Hall–Kier alpha value is -3.56. The van der Waals surface area contributed by atoms with Gasteiger partial charge in [0.2, 0.25) is 0 Å². The summed E-state index contributed by atoms with van der Waals surface area (Å²) >= 11 is 7.21. The van der Waals surface area contributed by atoms with Crippen molar-refractivity contribution in [1.29, 1.82) is 0 Å². The van der Waals surface area contributed by atoms with Crippen LogP contribution in [0, 0.1) is 0 Å². The smallest absolute Gasteiger partial charge is 0.303 e. The van der Waals surface area contributed by atoms with E-state index in [9.17, 15) is 22.8 Å². The van der Waals surface area contributed by atoms with Crippen molar-refractivity contribution in [2.75, 3.05) is 4.90 Å². The van der Waals surface area contributed by atoms with E-state index in [2.05, 4.69) is 10.3 Å². The molecule has 2 heterocycles. The highest BCUT2D eigenvalue weighted by atomic mass is 35.5. The van der Waals surface area contributed by atoms with E-state index in [0.717, 1.165) is 29.5 Å². The van der Waals surface area contributed by atoms with E-state index in [1.807, 2.05) is 12.1 Å². The van der Waals surface area contributed by atoms with Crippen LogP contribution in [0.5, 0.6) is 0 Å². The summed E-state index contributed by atoms with van der Waals surface area (Å²) in [5.41, 5.74) is 1.37. The maximum atomic E-state index is 13.5. The minimum Gasteiger partial charge on any atom is -0.303 e. The molecule has 1 saturated heterocycles. The quantitative estimate of drug-likeness (QED) is 0.426. The molecule has 1 fully saturated rings. The SMILES string of the molecule is O=C1NC(=Nc2cccc(C(F)(F)F)c2)SC1=C1C(=O)N(Cc2ccccc2Cl)c2ccccc21. The molecule has 10 heteroatoms. The zero-order chi connectivity index (χ0) is 24.7. The molecule has 0 aromatic heterocycles. The molecule has 2 amide bonds. The molecular formula is C25H15ClF3N3O2S. The van der Waals surface area contributed by atoms with E-state index < -0.39 is 17.6 Å². The van der Waals surface area contributed by atoms with Crippen LogP contribution in [0.25, 0.3) is 5.57 Å². The number of carbonyl (C=O) groups is 2. The highest BCUT2D eigenvalue weighted by Crippen LogP contribution is 2.44. The van der Waals surface area contributed by atoms with Gasteiger partial charge in [-0.2, -0.15) is 13.2 Å². The van der Waals surface area contributed by atoms with Crippen molar-refractivity contribution >= 4 is 57.3 Å². The number of aliphatic imine (C=N–C) groups is 1. The largest absolute Gasteiger partial charge is 0.416 e. The molecule has 5 rings (SSSR count). The first-order valence-electron chi connectivity index (χ1n) is 10.4. The van der Waals surface area contributed by atoms with Crippen molar-refractivity contribution in [2.45, 2.75) is 12.7 Å². The van der Waals surface area contributed by atoms with Crippen molar-refractivity contribution in [3.05, 3.63) is 99.4 Å². The number of hydrogen-bond donors (Lipinski definition) is 1. The van der Waals surface area contributed by atoms with Gasteiger partial charge in [0.1, 0.15) is 0 Å². The van der Waals surface area contributed by atoms with Gasteiger partial charge in [0.15, 0.2) is 5.17 Å². The number of thioether (sulfide) groups is 1. The van der Waals surface area contributed by atoms with Gasteiger partial charge in [-0.25, -0.2) is 4.99 Å². The number of nitrogens with zero attached hydrogens (tertiary/aromatic N) is 2. The maximum Gasteiger partial charge on any atom is 0.416 e. The number of fused-ring (bicyclic) bond motifs is 1. The van der Waals surface area contributed by atoms with Crippen LogP contribution in [-0.2, 0) is 22.3 Å². The summed E-state index contributed by atoms with van der Waals surface area (Å²) in [6.45, 7) is 0.212. The first kappa shape index (κ1) is 23.2. The monoisotopic (exact) mass is 513 g/mol. The van der Waals surface area contributed by atoms with Crippen molar-refractivity contribution < 1.29 is 22.8 Å². The van der Waals surface area contributed by atoms with Crippen molar-refractivity contribution in [3.8, 4) is 0 Å². The normalized spacial score (nSPS) is 18.9. The van der Waals surface area contributed by atoms with Crippen LogP contribution in [0.4, 0.5) is 24.5 Å². The van der Waals surface area contributed by atoms with Crippen LogP contribution in [0.3, 0.4) is 0 Å². The third-order valence-electron chi connectivity index (χ3n) is 5.47. The molecule has 2 aliphatic rings. The lowest BCUT2D eigenvalue weighted by atomic mass is 10.1. The fourth-order valence-corrected chi connectivity index (χ4v) is 4.99. The molecule has 5 nitrogen and oxygen atoms in total. The Morgan fingerprint density at radius 2 is 1.71 bits per heavy atom. The summed E-state index contributed by atoms with van der Waals surface area (Å²) in [7, 11) is 0. The molecule has 0 unspecified atom stereocenters. The molecule has 0 saturated carbocycles. The average Bonchev–Trinajstić information content (AvgIpc) is 3.31. The molecule has 2 aliphatic heterocycles. The average molecular weight is 514 g/mol. The maximum absolute atomic E-state index is 13.5. The highest BCUT2D eigenvalue weighted by Gasteiger charge is 2.39. The molecule has 0 aliphatic carbocycles. The second-order valence-corrected chi connectivity index (χ2v) is 9.13. The van der Waals surface area contributed by atoms with Gasteiger partial charge in [-0.05, 0) is 47.7 Å². The van der Waals surface area contributed by atoms with Gasteiger partial charge < -0.3 is 10.2 Å². The van der Waals surface area contributed by atoms with E-state index in [1.165, 1.54) is 12.1 Å². The molecule has 3 aromatic carbocycles. The van der Waals surface area contributed by atoms with Crippen molar-refractivity contribution in [1.82, 2.24) is 5.32 Å². The molecule has 35 heavy (non-hydrogen) atoms. The third kappa shape index (κ3) is 4.44. The van der Waals surface area contributed by atoms with Crippen LogP contribution in [-0.4, -0.2) is 17.0 Å². The first-order chi connectivity index (χ1) is 16.7. The molecule has 0 atom stereocenters. The van der Waals surface area contributed by atoms with Crippen LogP contribution < -0.4 is 10.2 Å². The summed E-state index contributed by atoms with van der Waals surface area (Å²) in [4.78, 5) is 32.2. The van der Waals surface area contributed by atoms with E-state index in [0.29, 0.717) is 16.3 Å².